The number of benzene rings is 2. The van der Waals surface area contributed by atoms with Gasteiger partial charge in [0, 0.05) is 5.56 Å². The van der Waals surface area contributed by atoms with E-state index in [0.717, 1.165) is 11.1 Å². The lowest BCUT2D eigenvalue weighted by Crippen LogP contribution is -1.97. The highest BCUT2D eigenvalue weighted by atomic mass is 16.4. The minimum absolute atomic E-state index is 0.105. The summed E-state index contributed by atoms with van der Waals surface area (Å²) >= 11 is 0. The first-order chi connectivity index (χ1) is 8.65. The average molecular weight is 240 g/mol. The summed E-state index contributed by atoms with van der Waals surface area (Å²) in [7, 11) is 0. The van der Waals surface area contributed by atoms with Crippen LogP contribution in [0.1, 0.15) is 15.9 Å². The van der Waals surface area contributed by atoms with E-state index in [1.54, 1.807) is 18.2 Å². The van der Waals surface area contributed by atoms with Gasteiger partial charge in [0.2, 0.25) is 0 Å². The summed E-state index contributed by atoms with van der Waals surface area (Å²) in [5, 5.41) is 19.0. The van der Waals surface area contributed by atoms with Gasteiger partial charge in [-0.2, -0.15) is 0 Å². The molecule has 0 spiro atoms. The summed E-state index contributed by atoms with van der Waals surface area (Å²) in [6.45, 7) is 3.71. The van der Waals surface area contributed by atoms with Crippen molar-refractivity contribution in [1.82, 2.24) is 0 Å². The van der Waals surface area contributed by atoms with Crippen LogP contribution in [0, 0.1) is 0 Å². The SMILES string of the molecule is C=Cc1ccccc1-c1cccc(C(=O)O)c1O. The number of rotatable bonds is 3. The molecule has 0 heterocycles. The number of phenols is 1. The molecule has 18 heavy (non-hydrogen) atoms. The second-order valence-electron chi connectivity index (χ2n) is 3.80. The van der Waals surface area contributed by atoms with E-state index < -0.39 is 5.97 Å². The second kappa shape index (κ2) is 4.75. The molecule has 0 amide bonds. The molecule has 0 atom stereocenters. The zero-order valence-electron chi connectivity index (χ0n) is 9.63. The summed E-state index contributed by atoms with van der Waals surface area (Å²) in [4.78, 5) is 11.0. The number of carboxylic acid groups (broad SMARTS) is 1. The van der Waals surface area contributed by atoms with E-state index in [0.29, 0.717) is 5.56 Å². The van der Waals surface area contributed by atoms with E-state index in [-0.39, 0.29) is 11.3 Å². The van der Waals surface area contributed by atoms with Crippen molar-refractivity contribution in [2.45, 2.75) is 0 Å². The minimum atomic E-state index is -1.15. The molecule has 90 valence electrons. The first-order valence-corrected chi connectivity index (χ1v) is 5.42. The van der Waals surface area contributed by atoms with Gasteiger partial charge in [-0.1, -0.05) is 49.1 Å². The topological polar surface area (TPSA) is 57.5 Å². The summed E-state index contributed by atoms with van der Waals surface area (Å²) in [5.74, 6) is -1.37. The number of para-hydroxylation sites is 1. The third-order valence-corrected chi connectivity index (χ3v) is 2.74. The maximum atomic E-state index is 11.0. The van der Waals surface area contributed by atoms with E-state index in [2.05, 4.69) is 6.58 Å². The third-order valence-electron chi connectivity index (χ3n) is 2.74. The maximum Gasteiger partial charge on any atom is 0.339 e. The lowest BCUT2D eigenvalue weighted by atomic mass is 9.97. The minimum Gasteiger partial charge on any atom is -0.506 e. The molecule has 0 unspecified atom stereocenters. The fourth-order valence-corrected chi connectivity index (χ4v) is 1.85. The molecule has 2 N–H and O–H groups in total. The first kappa shape index (κ1) is 11.9. The molecule has 0 bridgehead atoms. The van der Waals surface area contributed by atoms with Gasteiger partial charge in [-0.05, 0) is 17.2 Å². The highest BCUT2D eigenvalue weighted by Gasteiger charge is 2.15. The summed E-state index contributed by atoms with van der Waals surface area (Å²) in [5.41, 5.74) is 1.99. The molecule has 2 aromatic rings. The van der Waals surface area contributed by atoms with Gasteiger partial charge in [0.15, 0.2) is 0 Å². The fourth-order valence-electron chi connectivity index (χ4n) is 1.85. The van der Waals surface area contributed by atoms with Crippen molar-refractivity contribution in [3.63, 3.8) is 0 Å². The molecule has 0 radical (unpaired) electrons. The highest BCUT2D eigenvalue weighted by molar-refractivity contribution is 5.94. The Balaban J connectivity index is 2.68. The van der Waals surface area contributed by atoms with Crippen LogP contribution >= 0.6 is 0 Å². The van der Waals surface area contributed by atoms with Crippen molar-refractivity contribution in [3.05, 3.63) is 60.2 Å². The predicted molar refractivity (Wildman–Crippen MR) is 70.6 cm³/mol. The summed E-state index contributed by atoms with van der Waals surface area (Å²) < 4.78 is 0. The Morgan fingerprint density at radius 2 is 1.72 bits per heavy atom. The van der Waals surface area contributed by atoms with Gasteiger partial charge in [-0.3, -0.25) is 0 Å². The van der Waals surface area contributed by atoms with Gasteiger partial charge < -0.3 is 10.2 Å². The van der Waals surface area contributed by atoms with E-state index in [9.17, 15) is 9.90 Å². The van der Waals surface area contributed by atoms with Crippen LogP contribution in [-0.4, -0.2) is 16.2 Å². The number of carbonyl (C=O) groups is 1. The Kier molecular flexibility index (Phi) is 3.15. The number of hydrogen-bond donors (Lipinski definition) is 2. The van der Waals surface area contributed by atoms with Crippen molar-refractivity contribution < 1.29 is 15.0 Å². The van der Waals surface area contributed by atoms with Crippen molar-refractivity contribution in [3.8, 4) is 16.9 Å². The largest absolute Gasteiger partial charge is 0.506 e. The number of hydrogen-bond acceptors (Lipinski definition) is 2. The lowest BCUT2D eigenvalue weighted by molar-refractivity contribution is 0.0694. The molecule has 0 aliphatic carbocycles. The normalized spacial score (nSPS) is 10.0. The lowest BCUT2D eigenvalue weighted by Gasteiger charge is -2.10. The number of aromatic carboxylic acids is 1. The van der Waals surface area contributed by atoms with Gasteiger partial charge in [0.1, 0.15) is 11.3 Å². The molecular formula is C15H12O3. The van der Waals surface area contributed by atoms with E-state index in [1.165, 1.54) is 6.07 Å². The molecule has 2 rings (SSSR count). The van der Waals surface area contributed by atoms with Crippen LogP contribution in [0.25, 0.3) is 17.2 Å². The Morgan fingerprint density at radius 1 is 1.06 bits per heavy atom. The highest BCUT2D eigenvalue weighted by Crippen LogP contribution is 2.34. The monoisotopic (exact) mass is 240 g/mol. The van der Waals surface area contributed by atoms with Crippen molar-refractivity contribution >= 4 is 12.0 Å². The van der Waals surface area contributed by atoms with Crippen LogP contribution in [0.3, 0.4) is 0 Å². The molecule has 3 heteroatoms. The molecule has 0 aromatic heterocycles. The molecule has 0 aliphatic heterocycles. The van der Waals surface area contributed by atoms with Crippen molar-refractivity contribution in [1.29, 1.82) is 0 Å². The zero-order valence-corrected chi connectivity index (χ0v) is 9.63. The van der Waals surface area contributed by atoms with Crippen LogP contribution in [0.5, 0.6) is 5.75 Å². The molecule has 3 nitrogen and oxygen atoms in total. The smallest absolute Gasteiger partial charge is 0.339 e. The van der Waals surface area contributed by atoms with Crippen LogP contribution < -0.4 is 0 Å². The van der Waals surface area contributed by atoms with Gasteiger partial charge in [0.25, 0.3) is 0 Å². The third kappa shape index (κ3) is 1.98. The summed E-state index contributed by atoms with van der Waals surface area (Å²) in [6.07, 6.45) is 1.67. The number of carboxylic acids is 1. The first-order valence-electron chi connectivity index (χ1n) is 5.42. The zero-order chi connectivity index (χ0) is 13.1. The Bertz CT molecular complexity index is 615. The van der Waals surface area contributed by atoms with Gasteiger partial charge in [0.05, 0.1) is 0 Å². The Morgan fingerprint density at radius 3 is 2.39 bits per heavy atom. The van der Waals surface area contributed by atoms with Gasteiger partial charge >= 0.3 is 5.97 Å². The van der Waals surface area contributed by atoms with E-state index >= 15 is 0 Å². The number of aromatic hydroxyl groups is 1. The molecular weight excluding hydrogens is 228 g/mol. The fraction of sp³-hybridized carbons (Fsp3) is 0. The van der Waals surface area contributed by atoms with Crippen LogP contribution in [0.15, 0.2) is 49.0 Å². The van der Waals surface area contributed by atoms with Gasteiger partial charge in [-0.15, -0.1) is 0 Å². The Hall–Kier alpha value is -2.55. The average Bonchev–Trinajstić information content (AvgIpc) is 2.38. The summed E-state index contributed by atoms with van der Waals surface area (Å²) in [6, 6.07) is 12.0. The maximum absolute atomic E-state index is 11.0. The van der Waals surface area contributed by atoms with Crippen molar-refractivity contribution in [2.75, 3.05) is 0 Å². The molecule has 0 fully saturated rings. The molecule has 0 aliphatic rings. The predicted octanol–water partition coefficient (Wildman–Crippen LogP) is 3.40. The van der Waals surface area contributed by atoms with Crippen LogP contribution in [0.2, 0.25) is 0 Å². The quantitative estimate of drug-likeness (QED) is 0.864. The Labute approximate surface area is 105 Å². The van der Waals surface area contributed by atoms with Crippen molar-refractivity contribution in [2.24, 2.45) is 0 Å². The molecule has 2 aromatic carbocycles. The van der Waals surface area contributed by atoms with Crippen LogP contribution in [-0.2, 0) is 0 Å². The standard InChI is InChI=1S/C15H12O3/c1-2-10-6-3-4-7-11(10)12-8-5-9-13(14(12)16)15(17)18/h2-9,16H,1H2,(H,17,18). The molecule has 0 saturated heterocycles. The second-order valence-corrected chi connectivity index (χ2v) is 3.80. The van der Waals surface area contributed by atoms with E-state index in [1.807, 2.05) is 24.3 Å². The van der Waals surface area contributed by atoms with E-state index in [4.69, 9.17) is 5.11 Å². The van der Waals surface area contributed by atoms with Gasteiger partial charge in [-0.25, -0.2) is 4.79 Å². The molecule has 0 saturated carbocycles. The van der Waals surface area contributed by atoms with Crippen LogP contribution in [0.4, 0.5) is 0 Å².